The Balaban J connectivity index is 1.61. The van der Waals surface area contributed by atoms with Crippen molar-refractivity contribution in [2.45, 2.75) is 16.6 Å². The van der Waals surface area contributed by atoms with Crippen LogP contribution in [0, 0.1) is 0 Å². The fourth-order valence-electron chi connectivity index (χ4n) is 2.07. The number of hydrogen-bond donors (Lipinski definition) is 3. The molecule has 2 aromatic rings. The van der Waals surface area contributed by atoms with Gasteiger partial charge in [0.15, 0.2) is 5.13 Å². The van der Waals surface area contributed by atoms with E-state index in [0.29, 0.717) is 5.69 Å². The lowest BCUT2D eigenvalue weighted by Gasteiger charge is -2.09. The Morgan fingerprint density at radius 2 is 1.96 bits per heavy atom. The smallest absolute Gasteiger partial charge is 0.286 e. The van der Waals surface area contributed by atoms with E-state index < -0.39 is 32.3 Å². The van der Waals surface area contributed by atoms with Crippen LogP contribution in [-0.2, 0) is 19.6 Å². The van der Waals surface area contributed by atoms with Crippen molar-refractivity contribution in [1.29, 1.82) is 0 Å². The van der Waals surface area contributed by atoms with Crippen LogP contribution in [0.25, 0.3) is 0 Å². The number of sulfonamides is 1. The molecular formula is C14H12N4O5S3. The molecule has 12 heteroatoms. The number of anilines is 2. The third-order valence-corrected chi connectivity index (χ3v) is 6.39. The summed E-state index contributed by atoms with van der Waals surface area (Å²) in [7, 11) is -3.77. The second kappa shape index (κ2) is 7.43. The number of carbonyl (C=O) groups excluding carboxylic acids is 3. The average molecular weight is 412 g/mol. The third kappa shape index (κ3) is 4.39. The fourth-order valence-corrected chi connectivity index (χ4v) is 4.68. The van der Waals surface area contributed by atoms with Crippen LogP contribution < -0.4 is 15.4 Å². The van der Waals surface area contributed by atoms with E-state index in [4.69, 9.17) is 0 Å². The van der Waals surface area contributed by atoms with Gasteiger partial charge in [0.1, 0.15) is 5.25 Å². The number of hydrogen-bond acceptors (Lipinski definition) is 8. The first-order chi connectivity index (χ1) is 12.3. The maximum atomic E-state index is 12.2. The lowest BCUT2D eigenvalue weighted by molar-refractivity contribution is -0.122. The van der Waals surface area contributed by atoms with Crippen molar-refractivity contribution in [3.05, 3.63) is 35.8 Å². The number of nitrogens with zero attached hydrogens (tertiary/aromatic N) is 1. The van der Waals surface area contributed by atoms with Gasteiger partial charge in [-0.2, -0.15) is 0 Å². The Bertz CT molecular complexity index is 941. The number of imide groups is 1. The molecule has 0 aliphatic carbocycles. The summed E-state index contributed by atoms with van der Waals surface area (Å²) in [6, 6.07) is 5.54. The van der Waals surface area contributed by atoms with Gasteiger partial charge in [0.2, 0.25) is 11.8 Å². The molecule has 1 aliphatic heterocycles. The monoisotopic (exact) mass is 412 g/mol. The predicted molar refractivity (Wildman–Crippen MR) is 97.5 cm³/mol. The molecule has 1 aromatic heterocycles. The van der Waals surface area contributed by atoms with Gasteiger partial charge < -0.3 is 5.32 Å². The molecule has 0 radical (unpaired) electrons. The van der Waals surface area contributed by atoms with Crippen molar-refractivity contribution in [3.8, 4) is 0 Å². The average Bonchev–Trinajstić information content (AvgIpc) is 3.17. The fraction of sp³-hybridized carbons (Fsp3) is 0.143. The summed E-state index contributed by atoms with van der Waals surface area (Å²) in [4.78, 5) is 38.4. The molecule has 1 unspecified atom stereocenters. The number of benzene rings is 1. The molecular weight excluding hydrogens is 400 g/mol. The van der Waals surface area contributed by atoms with Gasteiger partial charge in [-0.15, -0.1) is 11.3 Å². The van der Waals surface area contributed by atoms with E-state index in [1.807, 2.05) is 0 Å². The third-order valence-electron chi connectivity index (χ3n) is 3.24. The van der Waals surface area contributed by atoms with Crippen molar-refractivity contribution < 1.29 is 22.8 Å². The summed E-state index contributed by atoms with van der Waals surface area (Å²) in [5.74, 6) is -0.950. The van der Waals surface area contributed by atoms with Gasteiger partial charge in [0.05, 0.1) is 4.90 Å². The van der Waals surface area contributed by atoms with Gasteiger partial charge in [0, 0.05) is 23.7 Å². The predicted octanol–water partition coefficient (Wildman–Crippen LogP) is 1.62. The summed E-state index contributed by atoms with van der Waals surface area (Å²) in [6.45, 7) is 0. The first kappa shape index (κ1) is 18.4. The minimum absolute atomic E-state index is 0.0158. The van der Waals surface area contributed by atoms with Crippen molar-refractivity contribution in [3.63, 3.8) is 0 Å². The van der Waals surface area contributed by atoms with Crippen molar-refractivity contribution >= 4 is 61.0 Å². The zero-order valence-corrected chi connectivity index (χ0v) is 15.4. The Hall–Kier alpha value is -2.44. The van der Waals surface area contributed by atoms with Crippen LogP contribution in [0.4, 0.5) is 15.6 Å². The Morgan fingerprint density at radius 3 is 2.54 bits per heavy atom. The van der Waals surface area contributed by atoms with E-state index in [2.05, 4.69) is 20.3 Å². The molecule has 2 heterocycles. The molecule has 0 saturated carbocycles. The highest BCUT2D eigenvalue weighted by Gasteiger charge is 2.33. The highest BCUT2D eigenvalue weighted by Crippen LogP contribution is 2.23. The van der Waals surface area contributed by atoms with E-state index in [0.717, 1.165) is 23.1 Å². The number of aromatic nitrogens is 1. The van der Waals surface area contributed by atoms with E-state index in [1.165, 1.54) is 30.5 Å². The van der Waals surface area contributed by atoms with Crippen LogP contribution in [0.15, 0.2) is 40.7 Å². The molecule has 1 aromatic carbocycles. The van der Waals surface area contributed by atoms with E-state index >= 15 is 0 Å². The summed E-state index contributed by atoms with van der Waals surface area (Å²) in [6.07, 6.45) is 1.32. The molecule has 3 amide bonds. The van der Waals surface area contributed by atoms with Gasteiger partial charge in [-0.1, -0.05) is 11.8 Å². The van der Waals surface area contributed by atoms with Crippen LogP contribution in [0.5, 0.6) is 0 Å². The van der Waals surface area contributed by atoms with Crippen LogP contribution in [0.1, 0.15) is 6.42 Å². The molecule has 26 heavy (non-hydrogen) atoms. The molecule has 3 rings (SSSR count). The van der Waals surface area contributed by atoms with Crippen LogP contribution in [-0.4, -0.2) is 35.7 Å². The minimum Gasteiger partial charge on any atom is -0.326 e. The quantitative estimate of drug-likeness (QED) is 0.656. The van der Waals surface area contributed by atoms with E-state index in [9.17, 15) is 22.8 Å². The molecule has 9 nitrogen and oxygen atoms in total. The number of rotatable bonds is 6. The molecule has 0 bridgehead atoms. The highest BCUT2D eigenvalue weighted by molar-refractivity contribution is 8.15. The molecule has 3 N–H and O–H groups in total. The standard InChI is InChI=1S/C14H12N4O5S3/c19-11(7-10-12(20)17-14(21)25-10)16-8-1-3-9(4-2-8)26(22,23)18-13-15-5-6-24-13/h1-6,10H,7H2,(H,15,18)(H,16,19)(H,17,20,21). The molecule has 1 aliphatic rings. The van der Waals surface area contributed by atoms with Gasteiger partial charge in [-0.25, -0.2) is 13.4 Å². The maximum Gasteiger partial charge on any atom is 0.286 e. The lowest BCUT2D eigenvalue weighted by atomic mass is 10.2. The molecule has 0 spiro atoms. The number of amides is 3. The topological polar surface area (TPSA) is 134 Å². The van der Waals surface area contributed by atoms with Gasteiger partial charge >= 0.3 is 0 Å². The molecule has 1 saturated heterocycles. The number of carbonyl (C=O) groups is 3. The zero-order chi connectivity index (χ0) is 18.7. The maximum absolute atomic E-state index is 12.2. The Morgan fingerprint density at radius 1 is 1.23 bits per heavy atom. The summed E-state index contributed by atoms with van der Waals surface area (Å²) in [5, 5.41) is 5.33. The van der Waals surface area contributed by atoms with Gasteiger partial charge in [0.25, 0.3) is 15.3 Å². The number of thiazole rings is 1. The van der Waals surface area contributed by atoms with Gasteiger partial charge in [-0.3, -0.25) is 24.4 Å². The van der Waals surface area contributed by atoms with E-state index in [-0.39, 0.29) is 16.4 Å². The normalized spacial score (nSPS) is 17.0. The summed E-state index contributed by atoms with van der Waals surface area (Å²) >= 11 is 1.92. The van der Waals surface area contributed by atoms with Crippen molar-refractivity contribution in [2.75, 3.05) is 10.0 Å². The highest BCUT2D eigenvalue weighted by atomic mass is 32.2. The zero-order valence-electron chi connectivity index (χ0n) is 13.0. The molecule has 1 fully saturated rings. The minimum atomic E-state index is -3.77. The summed E-state index contributed by atoms with van der Waals surface area (Å²) < 4.78 is 26.8. The SMILES string of the molecule is O=C(CC1SC(=O)NC1=O)Nc1ccc(S(=O)(=O)Nc2nccs2)cc1. The molecule has 1 atom stereocenters. The second-order valence-corrected chi connectivity index (χ2v) is 8.86. The van der Waals surface area contributed by atoms with Crippen LogP contribution in [0.2, 0.25) is 0 Å². The second-order valence-electron chi connectivity index (χ2n) is 5.10. The van der Waals surface area contributed by atoms with Crippen molar-refractivity contribution in [1.82, 2.24) is 10.3 Å². The first-order valence-electron chi connectivity index (χ1n) is 7.17. The largest absolute Gasteiger partial charge is 0.326 e. The first-order valence-corrected chi connectivity index (χ1v) is 10.4. The van der Waals surface area contributed by atoms with Crippen LogP contribution in [0.3, 0.4) is 0 Å². The Labute approximate surface area is 156 Å². The van der Waals surface area contributed by atoms with Crippen molar-refractivity contribution in [2.24, 2.45) is 0 Å². The molecule has 136 valence electrons. The number of nitrogens with one attached hydrogen (secondary N) is 3. The van der Waals surface area contributed by atoms with Crippen LogP contribution >= 0.6 is 23.1 Å². The number of thioether (sulfide) groups is 1. The summed E-state index contributed by atoms with van der Waals surface area (Å²) in [5.41, 5.74) is 0.373. The van der Waals surface area contributed by atoms with Gasteiger partial charge in [-0.05, 0) is 24.3 Å². The van der Waals surface area contributed by atoms with E-state index in [1.54, 1.807) is 5.38 Å². The Kier molecular flexibility index (Phi) is 5.25. The lowest BCUT2D eigenvalue weighted by Crippen LogP contribution is -2.27.